The van der Waals surface area contributed by atoms with Crippen LogP contribution in [-0.2, 0) is 14.8 Å². The Kier molecular flexibility index (Phi) is 5.13. The molecule has 1 aliphatic heterocycles. The lowest BCUT2D eigenvalue weighted by Crippen LogP contribution is -2.41. The third-order valence-corrected chi connectivity index (χ3v) is 5.61. The molecule has 6 nitrogen and oxygen atoms in total. The van der Waals surface area contributed by atoms with E-state index >= 15 is 0 Å². The summed E-state index contributed by atoms with van der Waals surface area (Å²) < 4.78 is 39.0. The second-order valence-corrected chi connectivity index (χ2v) is 7.59. The lowest BCUT2D eigenvalue weighted by molar-refractivity contribution is 0.0173. The van der Waals surface area contributed by atoms with Gasteiger partial charge < -0.3 is 15.2 Å². The first kappa shape index (κ1) is 16.5. The fraction of sp³-hybridized carbons (Fsp3) is 0.538. The van der Waals surface area contributed by atoms with Gasteiger partial charge in [0.05, 0.1) is 13.2 Å². The maximum Gasteiger partial charge on any atom is 0.244 e. The molecule has 0 saturated carbocycles. The van der Waals surface area contributed by atoms with Gasteiger partial charge in [0.1, 0.15) is 10.6 Å². The molecule has 21 heavy (non-hydrogen) atoms. The SMILES string of the molecule is COc1cc(Br)c(N)cc1S(=O)(=O)NC1CCOC(C)C1. The lowest BCUT2D eigenvalue weighted by atomic mass is 10.1. The zero-order chi connectivity index (χ0) is 15.6. The minimum absolute atomic E-state index is 0.0448. The van der Waals surface area contributed by atoms with Crippen LogP contribution in [0, 0.1) is 0 Å². The van der Waals surface area contributed by atoms with Crippen LogP contribution < -0.4 is 15.2 Å². The number of halogens is 1. The molecule has 0 aromatic heterocycles. The molecule has 3 N–H and O–H groups in total. The molecule has 1 saturated heterocycles. The molecule has 1 fully saturated rings. The van der Waals surface area contributed by atoms with Crippen LogP contribution in [0.4, 0.5) is 5.69 Å². The lowest BCUT2D eigenvalue weighted by Gasteiger charge is -2.28. The van der Waals surface area contributed by atoms with Gasteiger partial charge in [-0.2, -0.15) is 0 Å². The van der Waals surface area contributed by atoms with E-state index in [1.165, 1.54) is 13.2 Å². The first-order valence-corrected chi connectivity index (χ1v) is 8.88. The standard InChI is InChI=1S/C13H19BrN2O4S/c1-8-5-9(3-4-20-8)16-21(17,18)13-7-11(15)10(14)6-12(13)19-2/h6-9,16H,3-5,15H2,1-2H3. The van der Waals surface area contributed by atoms with E-state index in [1.807, 2.05) is 6.92 Å². The molecule has 1 aromatic rings. The Labute approximate surface area is 133 Å². The number of rotatable bonds is 4. The predicted molar refractivity (Wildman–Crippen MR) is 83.9 cm³/mol. The number of ether oxygens (including phenoxy) is 2. The van der Waals surface area contributed by atoms with Crippen molar-refractivity contribution in [1.29, 1.82) is 0 Å². The minimum atomic E-state index is -3.70. The van der Waals surface area contributed by atoms with Gasteiger partial charge in [-0.1, -0.05) is 0 Å². The smallest absolute Gasteiger partial charge is 0.244 e. The van der Waals surface area contributed by atoms with Crippen LogP contribution in [0.1, 0.15) is 19.8 Å². The molecule has 0 radical (unpaired) electrons. The van der Waals surface area contributed by atoms with Crippen molar-refractivity contribution in [3.63, 3.8) is 0 Å². The van der Waals surface area contributed by atoms with Crippen LogP contribution in [0.3, 0.4) is 0 Å². The number of methoxy groups -OCH3 is 1. The Morgan fingerprint density at radius 2 is 2.19 bits per heavy atom. The van der Waals surface area contributed by atoms with Gasteiger partial charge in [-0.05, 0) is 47.8 Å². The van der Waals surface area contributed by atoms with Crippen LogP contribution in [0.15, 0.2) is 21.5 Å². The minimum Gasteiger partial charge on any atom is -0.495 e. The number of nitrogens with two attached hydrogens (primary N) is 1. The van der Waals surface area contributed by atoms with Crippen LogP contribution in [0.2, 0.25) is 0 Å². The third kappa shape index (κ3) is 3.88. The van der Waals surface area contributed by atoms with Crippen LogP contribution in [0.25, 0.3) is 0 Å². The molecule has 8 heteroatoms. The Morgan fingerprint density at radius 1 is 1.48 bits per heavy atom. The van der Waals surface area contributed by atoms with Crippen molar-refractivity contribution in [1.82, 2.24) is 4.72 Å². The molecule has 0 spiro atoms. The summed E-state index contributed by atoms with van der Waals surface area (Å²) in [5, 5.41) is 0. The Hall–Kier alpha value is -0.830. The number of hydrogen-bond acceptors (Lipinski definition) is 5. The van der Waals surface area contributed by atoms with E-state index in [1.54, 1.807) is 6.07 Å². The van der Waals surface area contributed by atoms with Gasteiger partial charge >= 0.3 is 0 Å². The molecular weight excluding hydrogens is 360 g/mol. The first-order chi connectivity index (χ1) is 9.83. The molecule has 0 aliphatic carbocycles. The molecule has 0 amide bonds. The molecular formula is C13H19BrN2O4S. The van der Waals surface area contributed by atoms with E-state index in [-0.39, 0.29) is 22.8 Å². The summed E-state index contributed by atoms with van der Waals surface area (Å²) in [4.78, 5) is 0.0462. The van der Waals surface area contributed by atoms with Crippen molar-refractivity contribution < 1.29 is 17.9 Å². The molecule has 1 heterocycles. The van der Waals surface area contributed by atoms with Crippen molar-refractivity contribution in [2.45, 2.75) is 36.8 Å². The normalized spacial score (nSPS) is 23.0. The van der Waals surface area contributed by atoms with Gasteiger partial charge in [-0.15, -0.1) is 0 Å². The molecule has 2 rings (SSSR count). The highest BCUT2D eigenvalue weighted by Crippen LogP contribution is 2.32. The summed E-state index contributed by atoms with van der Waals surface area (Å²) in [5.74, 6) is 0.253. The number of sulfonamides is 1. The average Bonchev–Trinajstić information content (AvgIpc) is 2.40. The van der Waals surface area contributed by atoms with E-state index in [0.29, 0.717) is 29.6 Å². The van der Waals surface area contributed by atoms with Crippen LogP contribution in [-0.4, -0.2) is 34.3 Å². The molecule has 2 atom stereocenters. The van der Waals surface area contributed by atoms with E-state index < -0.39 is 10.0 Å². The van der Waals surface area contributed by atoms with Crippen LogP contribution in [0.5, 0.6) is 5.75 Å². The first-order valence-electron chi connectivity index (χ1n) is 6.60. The molecule has 118 valence electrons. The highest BCUT2D eigenvalue weighted by molar-refractivity contribution is 9.10. The quantitative estimate of drug-likeness (QED) is 0.780. The summed E-state index contributed by atoms with van der Waals surface area (Å²) in [6, 6.07) is 2.80. The van der Waals surface area contributed by atoms with Gasteiger partial charge in [0, 0.05) is 22.8 Å². The zero-order valence-electron chi connectivity index (χ0n) is 11.9. The van der Waals surface area contributed by atoms with Crippen LogP contribution >= 0.6 is 15.9 Å². The summed E-state index contributed by atoms with van der Waals surface area (Å²) in [7, 11) is -2.27. The fourth-order valence-electron chi connectivity index (χ4n) is 2.31. The third-order valence-electron chi connectivity index (χ3n) is 3.38. The summed E-state index contributed by atoms with van der Waals surface area (Å²) in [6.07, 6.45) is 1.34. The Bertz CT molecular complexity index is 621. The molecule has 0 bridgehead atoms. The predicted octanol–water partition coefficient (Wildman–Crippen LogP) is 1.89. The molecule has 1 aromatic carbocycles. The second kappa shape index (κ2) is 6.51. The second-order valence-electron chi connectivity index (χ2n) is 5.05. The average molecular weight is 379 g/mol. The topological polar surface area (TPSA) is 90.7 Å². The monoisotopic (exact) mass is 378 g/mol. The number of nitrogens with one attached hydrogen (secondary N) is 1. The number of benzene rings is 1. The maximum absolute atomic E-state index is 12.5. The molecule has 1 aliphatic rings. The van der Waals surface area contributed by atoms with Crippen molar-refractivity contribution in [3.05, 3.63) is 16.6 Å². The van der Waals surface area contributed by atoms with E-state index in [2.05, 4.69) is 20.7 Å². The van der Waals surface area contributed by atoms with E-state index in [4.69, 9.17) is 15.2 Å². The van der Waals surface area contributed by atoms with Gasteiger partial charge in [-0.3, -0.25) is 0 Å². The van der Waals surface area contributed by atoms with Crippen molar-refractivity contribution in [2.75, 3.05) is 19.5 Å². The summed E-state index contributed by atoms with van der Waals surface area (Å²) in [6.45, 7) is 2.48. The van der Waals surface area contributed by atoms with E-state index in [9.17, 15) is 8.42 Å². The van der Waals surface area contributed by atoms with Gasteiger partial charge in [0.25, 0.3) is 0 Å². The van der Waals surface area contributed by atoms with E-state index in [0.717, 1.165) is 0 Å². The fourth-order valence-corrected chi connectivity index (χ4v) is 4.10. The number of anilines is 1. The number of nitrogen functional groups attached to an aromatic ring is 1. The highest BCUT2D eigenvalue weighted by Gasteiger charge is 2.27. The Balaban J connectivity index is 2.29. The summed E-state index contributed by atoms with van der Waals surface area (Å²) >= 11 is 3.26. The van der Waals surface area contributed by atoms with Gasteiger partial charge in [0.2, 0.25) is 10.0 Å². The van der Waals surface area contributed by atoms with Gasteiger partial charge in [0.15, 0.2) is 0 Å². The van der Waals surface area contributed by atoms with Crippen molar-refractivity contribution in [2.24, 2.45) is 0 Å². The maximum atomic E-state index is 12.5. The highest BCUT2D eigenvalue weighted by atomic mass is 79.9. The molecule has 2 unspecified atom stereocenters. The Morgan fingerprint density at radius 3 is 2.81 bits per heavy atom. The van der Waals surface area contributed by atoms with Gasteiger partial charge in [-0.25, -0.2) is 13.1 Å². The van der Waals surface area contributed by atoms with Crippen molar-refractivity contribution in [3.8, 4) is 5.75 Å². The zero-order valence-corrected chi connectivity index (χ0v) is 14.3. The number of hydrogen-bond donors (Lipinski definition) is 2. The largest absolute Gasteiger partial charge is 0.495 e. The van der Waals surface area contributed by atoms with Crippen molar-refractivity contribution >= 4 is 31.6 Å². The summed E-state index contributed by atoms with van der Waals surface area (Å²) in [5.41, 5.74) is 6.13.